The van der Waals surface area contributed by atoms with Crippen molar-refractivity contribution in [2.45, 2.75) is 13.0 Å². The van der Waals surface area contributed by atoms with Crippen LogP contribution in [-0.4, -0.2) is 29.6 Å². The van der Waals surface area contributed by atoms with Gasteiger partial charge < -0.3 is 14.6 Å². The molecule has 0 saturated carbocycles. The molecule has 0 aliphatic rings. The third kappa shape index (κ3) is 2.95. The van der Waals surface area contributed by atoms with Gasteiger partial charge in [-0.3, -0.25) is 15.5 Å². The molecule has 1 aromatic rings. The lowest BCUT2D eigenvalue weighted by molar-refractivity contribution is -0.385. The molecule has 7 nitrogen and oxygen atoms in total. The average Bonchev–Trinajstić information content (AvgIpc) is 2.37. The van der Waals surface area contributed by atoms with Crippen LogP contribution in [0.25, 0.3) is 0 Å². The smallest absolute Gasteiger partial charge is 0.270 e. The molecule has 0 aliphatic heterocycles. The number of nitro benzene ring substituents is 1. The van der Waals surface area contributed by atoms with Crippen LogP contribution in [0, 0.1) is 15.5 Å². The van der Waals surface area contributed by atoms with Gasteiger partial charge in [-0.15, -0.1) is 0 Å². The molecule has 18 heavy (non-hydrogen) atoms. The van der Waals surface area contributed by atoms with Crippen molar-refractivity contribution in [2.24, 2.45) is 0 Å². The van der Waals surface area contributed by atoms with Crippen molar-refractivity contribution < 1.29 is 19.5 Å². The Balaban J connectivity index is 3.15. The van der Waals surface area contributed by atoms with Gasteiger partial charge in [0.25, 0.3) is 5.69 Å². The molecule has 98 valence electrons. The molecule has 1 aromatic carbocycles. The first-order valence-corrected chi connectivity index (χ1v) is 5.22. The molecule has 0 bridgehead atoms. The lowest BCUT2D eigenvalue weighted by Gasteiger charge is -2.15. The molecular weight excluding hydrogens is 240 g/mol. The number of nitrogens with zero attached hydrogens (tertiary/aromatic N) is 1. The number of hydrogen-bond acceptors (Lipinski definition) is 6. The number of ether oxygens (including phenoxy) is 2. The molecule has 2 N–H and O–H groups in total. The molecule has 1 rings (SSSR count). The van der Waals surface area contributed by atoms with E-state index in [0.29, 0.717) is 0 Å². The highest BCUT2D eigenvalue weighted by Gasteiger charge is 2.22. The first-order chi connectivity index (χ1) is 8.51. The van der Waals surface area contributed by atoms with Crippen LogP contribution in [0.15, 0.2) is 18.2 Å². The summed E-state index contributed by atoms with van der Waals surface area (Å²) in [5.74, 6) is -0.117. The highest BCUT2D eigenvalue weighted by molar-refractivity contribution is 5.80. The Morgan fingerprint density at radius 1 is 1.61 bits per heavy atom. The summed E-state index contributed by atoms with van der Waals surface area (Å²) in [5, 5.41) is 28.0. The van der Waals surface area contributed by atoms with Gasteiger partial charge in [-0.2, -0.15) is 0 Å². The monoisotopic (exact) mass is 254 g/mol. The highest BCUT2D eigenvalue weighted by atomic mass is 16.6. The molecule has 0 aliphatic carbocycles. The van der Waals surface area contributed by atoms with Crippen LogP contribution in [0.3, 0.4) is 0 Å². The number of non-ortho nitro benzene ring substituents is 1. The predicted molar refractivity (Wildman–Crippen MR) is 64.0 cm³/mol. The van der Waals surface area contributed by atoms with Crippen molar-refractivity contribution in [3.8, 4) is 5.75 Å². The summed E-state index contributed by atoms with van der Waals surface area (Å²) in [4.78, 5) is 10.1. The maximum Gasteiger partial charge on any atom is 0.270 e. The fourth-order valence-corrected chi connectivity index (χ4v) is 1.42. The van der Waals surface area contributed by atoms with Gasteiger partial charge in [0.05, 0.1) is 18.6 Å². The number of aliphatic hydroxyl groups excluding tert-OH is 1. The van der Waals surface area contributed by atoms with Gasteiger partial charge in [0, 0.05) is 17.7 Å². The van der Waals surface area contributed by atoms with Gasteiger partial charge in [0.2, 0.25) is 5.90 Å². The van der Waals surface area contributed by atoms with E-state index in [1.165, 1.54) is 19.2 Å². The molecule has 0 amide bonds. The summed E-state index contributed by atoms with van der Waals surface area (Å²) in [6, 6.07) is 3.80. The molecule has 0 spiro atoms. The Kier molecular flexibility index (Phi) is 4.61. The first-order valence-electron chi connectivity index (χ1n) is 5.22. The van der Waals surface area contributed by atoms with Gasteiger partial charge in [0.15, 0.2) is 6.10 Å². The van der Waals surface area contributed by atoms with E-state index in [0.717, 1.165) is 6.07 Å². The Bertz CT molecular complexity index is 461. The summed E-state index contributed by atoms with van der Waals surface area (Å²) in [7, 11) is 1.38. The van der Waals surface area contributed by atoms with Crippen LogP contribution in [-0.2, 0) is 4.74 Å². The van der Waals surface area contributed by atoms with Crippen molar-refractivity contribution >= 4 is 11.6 Å². The van der Waals surface area contributed by atoms with Crippen LogP contribution in [0.4, 0.5) is 5.69 Å². The van der Waals surface area contributed by atoms with Gasteiger partial charge >= 0.3 is 0 Å². The Hall–Kier alpha value is -2.15. The molecule has 1 atom stereocenters. The number of aliphatic hydroxyl groups is 1. The quantitative estimate of drug-likeness (QED) is 0.359. The average molecular weight is 254 g/mol. The zero-order valence-corrected chi connectivity index (χ0v) is 10.0. The molecule has 7 heteroatoms. The van der Waals surface area contributed by atoms with Crippen molar-refractivity contribution in [1.29, 1.82) is 5.41 Å². The molecule has 0 heterocycles. The fraction of sp³-hybridized carbons (Fsp3) is 0.364. The molecular formula is C11H14N2O5. The fourth-order valence-electron chi connectivity index (χ4n) is 1.42. The lowest BCUT2D eigenvalue weighted by atomic mass is 10.1. The molecule has 0 aromatic heterocycles. The summed E-state index contributed by atoms with van der Waals surface area (Å²) >= 11 is 0. The summed E-state index contributed by atoms with van der Waals surface area (Å²) < 4.78 is 9.86. The topological polar surface area (TPSA) is 106 Å². The predicted octanol–water partition coefficient (Wildman–Crippen LogP) is 1.65. The van der Waals surface area contributed by atoms with Crippen LogP contribution < -0.4 is 4.74 Å². The number of methoxy groups -OCH3 is 1. The largest absolute Gasteiger partial charge is 0.496 e. The van der Waals surface area contributed by atoms with Gasteiger partial charge in [-0.05, 0) is 13.0 Å². The number of rotatable bonds is 5. The van der Waals surface area contributed by atoms with Crippen LogP contribution in [0.2, 0.25) is 0 Å². The van der Waals surface area contributed by atoms with Crippen molar-refractivity contribution in [3.63, 3.8) is 0 Å². The molecule has 0 saturated heterocycles. The van der Waals surface area contributed by atoms with E-state index in [1.54, 1.807) is 6.92 Å². The van der Waals surface area contributed by atoms with Crippen LogP contribution in [0.5, 0.6) is 5.75 Å². The second-order valence-electron chi connectivity index (χ2n) is 3.38. The number of nitro groups is 1. The van der Waals surface area contributed by atoms with E-state index in [-0.39, 0.29) is 29.5 Å². The minimum atomic E-state index is -1.39. The summed E-state index contributed by atoms with van der Waals surface area (Å²) in [6.45, 7) is 1.90. The number of hydrogen-bond donors (Lipinski definition) is 2. The van der Waals surface area contributed by atoms with Crippen molar-refractivity contribution in [1.82, 2.24) is 0 Å². The first kappa shape index (κ1) is 13.9. The molecule has 0 radical (unpaired) electrons. The second-order valence-corrected chi connectivity index (χ2v) is 3.38. The third-order valence-electron chi connectivity index (χ3n) is 2.27. The number of benzene rings is 1. The van der Waals surface area contributed by atoms with Crippen molar-refractivity contribution in [3.05, 3.63) is 33.9 Å². The highest BCUT2D eigenvalue weighted by Crippen LogP contribution is 2.30. The van der Waals surface area contributed by atoms with E-state index in [1.807, 2.05) is 0 Å². The standard InChI is InChI=1S/C11H14N2O5/c1-3-18-11(12)10(14)8-6-7(13(15)16)4-5-9(8)17-2/h4-6,10,12,14H,3H2,1-2H3/t10-/m0/s1. The molecule has 0 unspecified atom stereocenters. The third-order valence-corrected chi connectivity index (χ3v) is 2.27. The molecule has 0 fully saturated rings. The van der Waals surface area contributed by atoms with Crippen LogP contribution >= 0.6 is 0 Å². The van der Waals surface area contributed by atoms with E-state index >= 15 is 0 Å². The minimum Gasteiger partial charge on any atom is -0.496 e. The summed E-state index contributed by atoms with van der Waals surface area (Å²) in [6.07, 6.45) is -1.39. The zero-order valence-electron chi connectivity index (χ0n) is 10.0. The normalized spacial score (nSPS) is 11.7. The van der Waals surface area contributed by atoms with E-state index < -0.39 is 11.0 Å². The Morgan fingerprint density at radius 2 is 2.28 bits per heavy atom. The van der Waals surface area contributed by atoms with E-state index in [4.69, 9.17) is 14.9 Å². The second kappa shape index (κ2) is 5.97. The lowest BCUT2D eigenvalue weighted by Crippen LogP contribution is -2.15. The summed E-state index contributed by atoms with van der Waals surface area (Å²) in [5.41, 5.74) is -0.0562. The SMILES string of the molecule is CCOC(=N)[C@@H](O)c1cc([N+](=O)[O-])ccc1OC. The van der Waals surface area contributed by atoms with Crippen molar-refractivity contribution in [2.75, 3.05) is 13.7 Å². The maximum atomic E-state index is 10.7. The van der Waals surface area contributed by atoms with E-state index in [9.17, 15) is 15.2 Å². The van der Waals surface area contributed by atoms with E-state index in [2.05, 4.69) is 0 Å². The Morgan fingerprint density at radius 3 is 2.78 bits per heavy atom. The van der Waals surface area contributed by atoms with Gasteiger partial charge in [0.1, 0.15) is 5.75 Å². The minimum absolute atomic E-state index is 0.130. The number of nitrogens with one attached hydrogen (secondary N) is 1. The van der Waals surface area contributed by atoms with Gasteiger partial charge in [-0.1, -0.05) is 0 Å². The Labute approximate surface area is 104 Å². The van der Waals surface area contributed by atoms with Crippen LogP contribution in [0.1, 0.15) is 18.6 Å². The zero-order chi connectivity index (χ0) is 13.7. The maximum absolute atomic E-state index is 10.7. The van der Waals surface area contributed by atoms with Gasteiger partial charge in [-0.25, -0.2) is 0 Å².